The van der Waals surface area contributed by atoms with E-state index in [1.165, 1.54) is 4.90 Å². The van der Waals surface area contributed by atoms with Crippen LogP contribution in [0.3, 0.4) is 0 Å². The van der Waals surface area contributed by atoms with Gasteiger partial charge in [0.05, 0.1) is 47.6 Å². The predicted molar refractivity (Wildman–Crippen MR) is 104 cm³/mol. The molecule has 0 bridgehead atoms. The highest BCUT2D eigenvalue weighted by molar-refractivity contribution is 6.34. The van der Waals surface area contributed by atoms with Crippen LogP contribution in [-0.4, -0.2) is 38.6 Å². The zero-order valence-electron chi connectivity index (χ0n) is 14.2. The molecule has 2 aromatic rings. The van der Waals surface area contributed by atoms with Crippen LogP contribution in [0.1, 0.15) is 5.56 Å². The minimum absolute atomic E-state index is 0.00746. The fourth-order valence-electron chi connectivity index (χ4n) is 3.09. The van der Waals surface area contributed by atoms with Crippen LogP contribution in [0.2, 0.25) is 10.0 Å². The average molecular weight is 379 g/mol. The zero-order chi connectivity index (χ0) is 17.8. The molecule has 3 rings (SSSR count). The van der Waals surface area contributed by atoms with Crippen LogP contribution >= 0.6 is 23.2 Å². The van der Waals surface area contributed by atoms with Gasteiger partial charge >= 0.3 is 0 Å². The topological polar surface area (TPSA) is 36.8 Å². The molecule has 1 heterocycles. The van der Waals surface area contributed by atoms with Gasteiger partial charge in [0.25, 0.3) is 5.91 Å². The van der Waals surface area contributed by atoms with E-state index < -0.39 is 0 Å². The van der Waals surface area contributed by atoms with E-state index in [0.29, 0.717) is 17.3 Å². The third kappa shape index (κ3) is 4.66. The molecular weight excluding hydrogens is 357 g/mol. The van der Waals surface area contributed by atoms with Crippen LogP contribution in [-0.2, 0) is 4.79 Å². The van der Waals surface area contributed by atoms with Gasteiger partial charge < -0.3 is 15.1 Å². The van der Waals surface area contributed by atoms with Crippen LogP contribution in [0.4, 0.5) is 11.4 Å². The smallest absolute Gasteiger partial charge is 0.279 e. The maximum Gasteiger partial charge on any atom is 0.279 e. The summed E-state index contributed by atoms with van der Waals surface area (Å²) in [4.78, 5) is 15.8. The fourth-order valence-corrected chi connectivity index (χ4v) is 3.63. The Morgan fingerprint density at radius 3 is 2.52 bits per heavy atom. The molecule has 4 nitrogen and oxygen atoms in total. The maximum absolute atomic E-state index is 12.3. The van der Waals surface area contributed by atoms with Crippen molar-refractivity contribution in [3.8, 4) is 0 Å². The first-order valence-electron chi connectivity index (χ1n) is 8.42. The van der Waals surface area contributed by atoms with E-state index in [1.54, 1.807) is 0 Å². The molecular formula is C19H22Cl2N3O+. The lowest BCUT2D eigenvalue weighted by molar-refractivity contribution is -0.892. The van der Waals surface area contributed by atoms with Crippen molar-refractivity contribution < 1.29 is 9.69 Å². The molecule has 1 aliphatic heterocycles. The van der Waals surface area contributed by atoms with Crippen LogP contribution < -0.4 is 15.1 Å². The van der Waals surface area contributed by atoms with Crippen molar-refractivity contribution in [2.24, 2.45) is 0 Å². The fraction of sp³-hybridized carbons (Fsp3) is 0.316. The van der Waals surface area contributed by atoms with Crippen molar-refractivity contribution in [3.63, 3.8) is 0 Å². The van der Waals surface area contributed by atoms with E-state index in [0.717, 1.165) is 42.5 Å². The summed E-state index contributed by atoms with van der Waals surface area (Å²) in [5.74, 6) is -0.00746. The van der Waals surface area contributed by atoms with Gasteiger partial charge in [0.1, 0.15) is 0 Å². The van der Waals surface area contributed by atoms with E-state index in [4.69, 9.17) is 23.2 Å². The molecule has 1 amide bonds. The van der Waals surface area contributed by atoms with Gasteiger partial charge in [-0.15, -0.1) is 0 Å². The Kier molecular flexibility index (Phi) is 5.84. The molecule has 0 unspecified atom stereocenters. The first-order valence-corrected chi connectivity index (χ1v) is 9.17. The van der Waals surface area contributed by atoms with E-state index in [-0.39, 0.29) is 5.91 Å². The molecule has 132 valence electrons. The molecule has 0 atom stereocenters. The van der Waals surface area contributed by atoms with Crippen molar-refractivity contribution in [3.05, 3.63) is 58.1 Å². The minimum Gasteiger partial charge on any atom is -0.359 e. The van der Waals surface area contributed by atoms with E-state index >= 15 is 0 Å². The number of quaternary nitrogens is 1. The van der Waals surface area contributed by atoms with Gasteiger partial charge in [-0.1, -0.05) is 41.4 Å². The summed E-state index contributed by atoms with van der Waals surface area (Å²) in [7, 11) is 0. The number of benzene rings is 2. The van der Waals surface area contributed by atoms with Gasteiger partial charge in [-0.2, -0.15) is 0 Å². The lowest BCUT2D eigenvalue weighted by Gasteiger charge is -2.33. The van der Waals surface area contributed by atoms with E-state index in [2.05, 4.69) is 10.2 Å². The second-order valence-corrected chi connectivity index (χ2v) is 7.21. The lowest BCUT2D eigenvalue weighted by atomic mass is 10.2. The Bertz CT molecular complexity index is 758. The monoisotopic (exact) mass is 378 g/mol. The summed E-state index contributed by atoms with van der Waals surface area (Å²) in [5, 5.41) is 4.26. The number of para-hydroxylation sites is 1. The molecule has 1 aliphatic rings. The number of nitrogens with one attached hydrogen (secondary N) is 2. The Labute approximate surface area is 158 Å². The van der Waals surface area contributed by atoms with E-state index in [1.807, 2.05) is 49.4 Å². The number of anilines is 2. The second-order valence-electron chi connectivity index (χ2n) is 6.40. The summed E-state index contributed by atoms with van der Waals surface area (Å²) in [6, 6.07) is 13.5. The van der Waals surface area contributed by atoms with Crippen molar-refractivity contribution in [1.82, 2.24) is 0 Å². The predicted octanol–water partition coefficient (Wildman–Crippen LogP) is 2.65. The Hall–Kier alpha value is -1.75. The summed E-state index contributed by atoms with van der Waals surface area (Å²) in [5.41, 5.74) is 2.81. The largest absolute Gasteiger partial charge is 0.359 e. The molecule has 1 saturated heterocycles. The minimum atomic E-state index is -0.00746. The molecule has 0 radical (unpaired) electrons. The van der Waals surface area contributed by atoms with Crippen molar-refractivity contribution in [2.75, 3.05) is 42.9 Å². The summed E-state index contributed by atoms with van der Waals surface area (Å²) in [6.45, 7) is 6.00. The second kappa shape index (κ2) is 8.09. The van der Waals surface area contributed by atoms with Gasteiger partial charge in [-0.25, -0.2) is 0 Å². The van der Waals surface area contributed by atoms with Crippen molar-refractivity contribution in [2.45, 2.75) is 6.92 Å². The molecule has 6 heteroatoms. The number of amides is 1. The summed E-state index contributed by atoms with van der Waals surface area (Å²) >= 11 is 12.4. The first kappa shape index (κ1) is 18.1. The summed E-state index contributed by atoms with van der Waals surface area (Å²) < 4.78 is 0. The zero-order valence-corrected chi connectivity index (χ0v) is 15.7. The normalized spacial score (nSPS) is 15.2. The molecule has 0 saturated carbocycles. The molecule has 0 aromatic heterocycles. The average Bonchev–Trinajstić information content (AvgIpc) is 2.59. The number of halogens is 2. The summed E-state index contributed by atoms with van der Waals surface area (Å²) in [6.07, 6.45) is 0. The lowest BCUT2D eigenvalue weighted by Crippen LogP contribution is -3.15. The van der Waals surface area contributed by atoms with Gasteiger partial charge in [-0.05, 0) is 36.8 Å². The maximum atomic E-state index is 12.3. The highest BCUT2D eigenvalue weighted by atomic mass is 35.5. The van der Waals surface area contributed by atoms with Crippen LogP contribution in [0, 0.1) is 6.92 Å². The number of nitrogens with zero attached hydrogens (tertiary/aromatic N) is 1. The third-order valence-corrected chi connectivity index (χ3v) is 5.11. The number of piperazine rings is 1. The van der Waals surface area contributed by atoms with Crippen LogP contribution in [0.15, 0.2) is 42.5 Å². The Morgan fingerprint density at radius 2 is 1.84 bits per heavy atom. The van der Waals surface area contributed by atoms with Crippen molar-refractivity contribution in [1.29, 1.82) is 0 Å². The SMILES string of the molecule is Cc1ccc(NC(=O)C[NH+]2CCN(c3ccccc3Cl)CC2)c(Cl)c1. The van der Waals surface area contributed by atoms with Gasteiger partial charge in [0.15, 0.2) is 6.54 Å². The molecule has 25 heavy (non-hydrogen) atoms. The van der Waals surface area contributed by atoms with E-state index in [9.17, 15) is 4.79 Å². The molecule has 0 spiro atoms. The third-order valence-electron chi connectivity index (χ3n) is 4.47. The highest BCUT2D eigenvalue weighted by Gasteiger charge is 2.23. The Balaban J connectivity index is 1.52. The van der Waals surface area contributed by atoms with Crippen LogP contribution in [0.5, 0.6) is 0 Å². The number of hydrogen-bond donors (Lipinski definition) is 2. The first-order chi connectivity index (χ1) is 12.0. The standard InChI is InChI=1S/C19H21Cl2N3O/c1-14-6-7-17(16(21)12-14)22-19(25)13-23-8-10-24(11-9-23)18-5-3-2-4-15(18)20/h2-7,12H,8-11,13H2,1H3,(H,22,25)/p+1. The molecule has 0 aliphatic carbocycles. The van der Waals surface area contributed by atoms with Crippen LogP contribution in [0.25, 0.3) is 0 Å². The number of rotatable bonds is 4. The number of carbonyl (C=O) groups excluding carboxylic acids is 1. The number of hydrogen-bond acceptors (Lipinski definition) is 2. The molecule has 1 fully saturated rings. The molecule has 2 N–H and O–H groups in total. The number of carbonyl (C=O) groups is 1. The van der Waals surface area contributed by atoms with Gasteiger partial charge in [0.2, 0.25) is 0 Å². The van der Waals surface area contributed by atoms with Gasteiger partial charge in [0, 0.05) is 0 Å². The quantitative estimate of drug-likeness (QED) is 0.857. The van der Waals surface area contributed by atoms with Gasteiger partial charge in [-0.3, -0.25) is 4.79 Å². The van der Waals surface area contributed by atoms with Crippen molar-refractivity contribution >= 4 is 40.5 Å². The number of aryl methyl sites for hydroxylation is 1. The Morgan fingerprint density at radius 1 is 1.12 bits per heavy atom. The molecule has 2 aromatic carbocycles. The highest BCUT2D eigenvalue weighted by Crippen LogP contribution is 2.25.